The van der Waals surface area contributed by atoms with Gasteiger partial charge in [-0.15, -0.1) is 0 Å². The molecular weight excluding hydrogens is 244 g/mol. The summed E-state index contributed by atoms with van der Waals surface area (Å²) >= 11 is 0. The molecule has 19 heavy (non-hydrogen) atoms. The summed E-state index contributed by atoms with van der Waals surface area (Å²) in [4.78, 5) is 27.3. The largest absolute Gasteiger partial charge is 0.370 e. The molecular formula is C13H20N4O2. The van der Waals surface area contributed by atoms with Gasteiger partial charge in [0, 0.05) is 24.3 Å². The van der Waals surface area contributed by atoms with Gasteiger partial charge in [0.2, 0.25) is 5.91 Å². The standard InChI is InChI=1S/C13H20N4O2/c1-4-14-11-7-10(5-6-15-11)13(19)16-8-12(18)17-9(2)3/h5-7,9H,4,8H2,1-3H3,(H,14,15)(H,16,19)(H,17,18). The van der Waals surface area contributed by atoms with E-state index in [0.717, 1.165) is 6.54 Å². The van der Waals surface area contributed by atoms with Gasteiger partial charge in [0.05, 0.1) is 6.54 Å². The number of hydrogen-bond donors (Lipinski definition) is 3. The van der Waals surface area contributed by atoms with Crippen LogP contribution in [0.1, 0.15) is 31.1 Å². The third kappa shape index (κ3) is 5.37. The number of carbonyl (C=O) groups excluding carboxylic acids is 2. The molecule has 1 heterocycles. The highest BCUT2D eigenvalue weighted by Crippen LogP contribution is 2.06. The number of rotatable bonds is 6. The average Bonchev–Trinajstić information content (AvgIpc) is 2.36. The molecule has 1 rings (SSSR count). The van der Waals surface area contributed by atoms with Crippen molar-refractivity contribution in [2.45, 2.75) is 26.8 Å². The number of pyridine rings is 1. The molecule has 0 spiro atoms. The second-order valence-corrected chi connectivity index (χ2v) is 4.36. The Morgan fingerprint density at radius 2 is 2.11 bits per heavy atom. The fourth-order valence-corrected chi connectivity index (χ4v) is 1.49. The molecule has 0 saturated heterocycles. The van der Waals surface area contributed by atoms with Crippen LogP contribution in [0.2, 0.25) is 0 Å². The van der Waals surface area contributed by atoms with Gasteiger partial charge in [-0.3, -0.25) is 9.59 Å². The second-order valence-electron chi connectivity index (χ2n) is 4.36. The zero-order chi connectivity index (χ0) is 14.3. The minimum Gasteiger partial charge on any atom is -0.370 e. The lowest BCUT2D eigenvalue weighted by atomic mass is 10.2. The van der Waals surface area contributed by atoms with E-state index in [9.17, 15) is 9.59 Å². The van der Waals surface area contributed by atoms with E-state index in [1.165, 1.54) is 0 Å². The molecule has 1 aromatic heterocycles. The highest BCUT2D eigenvalue weighted by molar-refractivity contribution is 5.96. The van der Waals surface area contributed by atoms with E-state index in [1.807, 2.05) is 20.8 Å². The maximum absolute atomic E-state index is 11.8. The van der Waals surface area contributed by atoms with Gasteiger partial charge < -0.3 is 16.0 Å². The number of aromatic nitrogens is 1. The Morgan fingerprint density at radius 1 is 1.37 bits per heavy atom. The smallest absolute Gasteiger partial charge is 0.251 e. The molecule has 104 valence electrons. The second kappa shape index (κ2) is 7.35. The molecule has 0 unspecified atom stereocenters. The molecule has 0 bridgehead atoms. The van der Waals surface area contributed by atoms with Gasteiger partial charge in [0.1, 0.15) is 5.82 Å². The van der Waals surface area contributed by atoms with Gasteiger partial charge >= 0.3 is 0 Å². The first kappa shape index (κ1) is 14.9. The molecule has 0 aliphatic rings. The summed E-state index contributed by atoms with van der Waals surface area (Å²) in [5.41, 5.74) is 0.475. The zero-order valence-electron chi connectivity index (χ0n) is 11.5. The normalized spacial score (nSPS) is 10.1. The molecule has 2 amide bonds. The van der Waals surface area contributed by atoms with Crippen LogP contribution in [-0.2, 0) is 4.79 Å². The molecule has 0 radical (unpaired) electrons. The first-order valence-corrected chi connectivity index (χ1v) is 6.30. The van der Waals surface area contributed by atoms with E-state index in [1.54, 1.807) is 18.3 Å². The van der Waals surface area contributed by atoms with Crippen LogP contribution in [0.5, 0.6) is 0 Å². The van der Waals surface area contributed by atoms with Crippen molar-refractivity contribution in [1.82, 2.24) is 15.6 Å². The Balaban J connectivity index is 2.53. The van der Waals surface area contributed by atoms with Gasteiger partial charge in [-0.25, -0.2) is 4.98 Å². The van der Waals surface area contributed by atoms with Crippen molar-refractivity contribution in [2.24, 2.45) is 0 Å². The number of nitrogens with one attached hydrogen (secondary N) is 3. The third-order valence-electron chi connectivity index (χ3n) is 2.24. The van der Waals surface area contributed by atoms with Crippen LogP contribution >= 0.6 is 0 Å². The lowest BCUT2D eigenvalue weighted by molar-refractivity contribution is -0.120. The molecule has 0 saturated carbocycles. The maximum Gasteiger partial charge on any atom is 0.251 e. The fourth-order valence-electron chi connectivity index (χ4n) is 1.49. The van der Waals surface area contributed by atoms with E-state index in [-0.39, 0.29) is 24.4 Å². The Hall–Kier alpha value is -2.11. The molecule has 0 aromatic carbocycles. The van der Waals surface area contributed by atoms with Crippen LogP contribution in [0.25, 0.3) is 0 Å². The minimum atomic E-state index is -0.291. The summed E-state index contributed by atoms with van der Waals surface area (Å²) in [6.45, 7) is 6.38. The van der Waals surface area contributed by atoms with Crippen molar-refractivity contribution in [2.75, 3.05) is 18.4 Å². The number of anilines is 1. The van der Waals surface area contributed by atoms with E-state index < -0.39 is 0 Å². The van der Waals surface area contributed by atoms with Gasteiger partial charge in [-0.2, -0.15) is 0 Å². The topological polar surface area (TPSA) is 83.1 Å². The van der Waals surface area contributed by atoms with Gasteiger partial charge in [0.25, 0.3) is 5.91 Å². The molecule has 0 atom stereocenters. The van der Waals surface area contributed by atoms with Crippen LogP contribution in [0, 0.1) is 0 Å². The molecule has 6 heteroatoms. The lowest BCUT2D eigenvalue weighted by Gasteiger charge is -2.09. The first-order valence-electron chi connectivity index (χ1n) is 6.30. The molecule has 3 N–H and O–H groups in total. The molecule has 0 aliphatic carbocycles. The summed E-state index contributed by atoms with van der Waals surface area (Å²) in [7, 11) is 0. The van der Waals surface area contributed by atoms with E-state index in [2.05, 4.69) is 20.9 Å². The fraction of sp³-hybridized carbons (Fsp3) is 0.462. The maximum atomic E-state index is 11.8. The summed E-state index contributed by atoms with van der Waals surface area (Å²) in [5.74, 6) is 0.145. The first-order chi connectivity index (χ1) is 9.02. The van der Waals surface area contributed by atoms with Crippen LogP contribution in [0.4, 0.5) is 5.82 Å². The van der Waals surface area contributed by atoms with Gasteiger partial charge in [-0.1, -0.05) is 0 Å². The summed E-state index contributed by atoms with van der Waals surface area (Å²) in [6, 6.07) is 3.32. The predicted octanol–water partition coefficient (Wildman–Crippen LogP) is 0.768. The number of hydrogen-bond acceptors (Lipinski definition) is 4. The Labute approximate surface area is 113 Å². The monoisotopic (exact) mass is 264 g/mol. The van der Waals surface area contributed by atoms with E-state index in [4.69, 9.17) is 0 Å². The van der Waals surface area contributed by atoms with Crippen molar-refractivity contribution in [3.63, 3.8) is 0 Å². The van der Waals surface area contributed by atoms with E-state index in [0.29, 0.717) is 11.4 Å². The zero-order valence-corrected chi connectivity index (χ0v) is 11.5. The lowest BCUT2D eigenvalue weighted by Crippen LogP contribution is -2.39. The minimum absolute atomic E-state index is 0.0319. The summed E-state index contributed by atoms with van der Waals surface area (Å²) in [5, 5.41) is 8.29. The highest BCUT2D eigenvalue weighted by atomic mass is 16.2. The van der Waals surface area contributed by atoms with Crippen LogP contribution < -0.4 is 16.0 Å². The van der Waals surface area contributed by atoms with Crippen molar-refractivity contribution >= 4 is 17.6 Å². The van der Waals surface area contributed by atoms with Gasteiger partial charge in [-0.05, 0) is 32.9 Å². The Bertz CT molecular complexity index is 446. The number of carbonyl (C=O) groups is 2. The molecule has 6 nitrogen and oxygen atoms in total. The van der Waals surface area contributed by atoms with Crippen LogP contribution in [-0.4, -0.2) is 35.9 Å². The Kier molecular flexibility index (Phi) is 5.78. The Morgan fingerprint density at radius 3 is 2.74 bits per heavy atom. The van der Waals surface area contributed by atoms with E-state index >= 15 is 0 Å². The summed E-state index contributed by atoms with van der Waals surface area (Å²) < 4.78 is 0. The van der Waals surface area contributed by atoms with Crippen LogP contribution in [0.3, 0.4) is 0 Å². The highest BCUT2D eigenvalue weighted by Gasteiger charge is 2.09. The molecule has 0 fully saturated rings. The van der Waals surface area contributed by atoms with Crippen molar-refractivity contribution in [1.29, 1.82) is 0 Å². The quantitative estimate of drug-likeness (QED) is 0.708. The number of nitrogens with zero attached hydrogens (tertiary/aromatic N) is 1. The average molecular weight is 264 g/mol. The SMILES string of the molecule is CCNc1cc(C(=O)NCC(=O)NC(C)C)ccn1. The van der Waals surface area contributed by atoms with Crippen molar-refractivity contribution < 1.29 is 9.59 Å². The van der Waals surface area contributed by atoms with Crippen molar-refractivity contribution in [3.05, 3.63) is 23.9 Å². The van der Waals surface area contributed by atoms with Crippen molar-refractivity contribution in [3.8, 4) is 0 Å². The molecule has 0 aliphatic heterocycles. The number of amides is 2. The predicted molar refractivity (Wildman–Crippen MR) is 74.0 cm³/mol. The molecule has 1 aromatic rings. The third-order valence-corrected chi connectivity index (χ3v) is 2.24. The summed E-state index contributed by atoms with van der Waals surface area (Å²) in [6.07, 6.45) is 1.56. The van der Waals surface area contributed by atoms with Crippen LogP contribution in [0.15, 0.2) is 18.3 Å². The van der Waals surface area contributed by atoms with Gasteiger partial charge in [0.15, 0.2) is 0 Å².